The molecule has 0 saturated carbocycles. The van der Waals surface area contributed by atoms with Crippen LogP contribution in [-0.2, 0) is 17.8 Å². The lowest BCUT2D eigenvalue weighted by atomic mass is 9.95. The third-order valence-electron chi connectivity index (χ3n) is 4.60. The lowest BCUT2D eigenvalue weighted by Gasteiger charge is -2.30. The van der Waals surface area contributed by atoms with Crippen molar-refractivity contribution in [3.05, 3.63) is 58.5 Å². The third kappa shape index (κ3) is 2.90. The van der Waals surface area contributed by atoms with Gasteiger partial charge in [-0.1, -0.05) is 30.3 Å². The number of anilines is 1. The molecule has 0 bridgehead atoms. The number of aliphatic hydroxyl groups is 1. The highest BCUT2D eigenvalue weighted by Crippen LogP contribution is 2.43. The third-order valence-corrected chi connectivity index (χ3v) is 5.71. The van der Waals surface area contributed by atoms with E-state index in [0.29, 0.717) is 19.6 Å². The summed E-state index contributed by atoms with van der Waals surface area (Å²) >= 11 is 1.65. The predicted molar refractivity (Wildman–Crippen MR) is 100 cm³/mol. The number of rotatable bonds is 4. The Hall–Kier alpha value is -2.37. The number of carbonyl (C=O) groups excluding carboxylic acids is 1. The largest absolute Gasteiger partial charge is 0.487 e. The standard InChI is InChI=1S/C20H19NO3S/c1-13-11-25-20-18(24-10-14-5-3-2-4-6-14)8-17-16(19(13)20)7-15(23)9-21(17)12-22/h2-6,8,11-12,15,23H,7,9-10H2,1H3. The van der Waals surface area contributed by atoms with E-state index in [0.717, 1.165) is 44.6 Å². The molecule has 1 aliphatic rings. The molecule has 1 atom stereocenters. The molecule has 0 spiro atoms. The number of amides is 1. The number of thiophene rings is 1. The minimum Gasteiger partial charge on any atom is -0.487 e. The minimum absolute atomic E-state index is 0.323. The molecule has 1 amide bonds. The van der Waals surface area contributed by atoms with E-state index < -0.39 is 6.10 Å². The Bertz CT molecular complexity index is 920. The van der Waals surface area contributed by atoms with Crippen molar-refractivity contribution in [3.8, 4) is 5.75 Å². The maximum atomic E-state index is 11.5. The molecule has 4 rings (SSSR count). The number of aryl methyl sites for hydroxylation is 1. The maximum Gasteiger partial charge on any atom is 0.214 e. The fourth-order valence-electron chi connectivity index (χ4n) is 3.44. The summed E-state index contributed by atoms with van der Waals surface area (Å²) in [5.41, 5.74) is 4.13. The first kappa shape index (κ1) is 16.1. The van der Waals surface area contributed by atoms with E-state index in [1.54, 1.807) is 16.2 Å². The Balaban J connectivity index is 1.80. The SMILES string of the molecule is Cc1csc2c(OCc3ccccc3)cc3c(c12)CC(O)CN3C=O. The molecule has 1 N–H and O–H groups in total. The Morgan fingerprint density at radius 3 is 2.92 bits per heavy atom. The summed E-state index contributed by atoms with van der Waals surface area (Å²) in [5, 5.41) is 13.3. The second-order valence-corrected chi connectivity index (χ2v) is 7.26. The number of aliphatic hydroxyl groups excluding tert-OH is 1. The molecule has 0 aliphatic carbocycles. The molecule has 3 aromatic rings. The van der Waals surface area contributed by atoms with Crippen LogP contribution in [0.15, 0.2) is 41.8 Å². The molecule has 5 heteroatoms. The van der Waals surface area contributed by atoms with E-state index in [4.69, 9.17) is 4.74 Å². The van der Waals surface area contributed by atoms with Gasteiger partial charge < -0.3 is 14.7 Å². The Morgan fingerprint density at radius 2 is 2.16 bits per heavy atom. The number of hydrogen-bond donors (Lipinski definition) is 1. The molecule has 1 aliphatic heterocycles. The summed E-state index contributed by atoms with van der Waals surface area (Å²) in [6, 6.07) is 12.0. The Kier molecular flexibility index (Phi) is 4.19. The highest BCUT2D eigenvalue weighted by molar-refractivity contribution is 7.17. The average molecular weight is 353 g/mol. The van der Waals surface area contributed by atoms with Gasteiger partial charge in [-0.05, 0) is 29.0 Å². The van der Waals surface area contributed by atoms with Crippen LogP contribution in [0.25, 0.3) is 10.1 Å². The van der Waals surface area contributed by atoms with Gasteiger partial charge in [0.1, 0.15) is 12.4 Å². The van der Waals surface area contributed by atoms with Crippen molar-refractivity contribution in [1.82, 2.24) is 0 Å². The molecule has 1 aromatic heterocycles. The second kappa shape index (κ2) is 6.50. The number of ether oxygens (including phenoxy) is 1. The quantitative estimate of drug-likeness (QED) is 0.728. The number of nitrogens with zero attached hydrogens (tertiary/aromatic N) is 1. The summed E-state index contributed by atoms with van der Waals surface area (Å²) in [6.07, 6.45) is 0.818. The molecule has 128 valence electrons. The normalized spacial score (nSPS) is 16.7. The zero-order valence-corrected chi connectivity index (χ0v) is 14.8. The number of β-amino-alcohol motifs (C(OH)–C–C–N with tert-alkyl or cyclic N) is 1. The van der Waals surface area contributed by atoms with E-state index in [1.807, 2.05) is 36.4 Å². The fraction of sp³-hybridized carbons (Fsp3) is 0.250. The van der Waals surface area contributed by atoms with Crippen molar-refractivity contribution in [1.29, 1.82) is 0 Å². The Labute approximate surface area is 150 Å². The monoisotopic (exact) mass is 353 g/mol. The number of hydrogen-bond acceptors (Lipinski definition) is 4. The molecular formula is C20H19NO3S. The molecular weight excluding hydrogens is 334 g/mol. The van der Waals surface area contributed by atoms with Crippen molar-refractivity contribution in [2.75, 3.05) is 11.4 Å². The van der Waals surface area contributed by atoms with Crippen LogP contribution in [0.4, 0.5) is 5.69 Å². The summed E-state index contributed by atoms with van der Waals surface area (Å²) in [7, 11) is 0. The van der Waals surface area contributed by atoms with Gasteiger partial charge in [-0.3, -0.25) is 4.79 Å². The second-order valence-electron chi connectivity index (χ2n) is 6.39. The topological polar surface area (TPSA) is 49.8 Å². The first-order valence-electron chi connectivity index (χ1n) is 8.27. The van der Waals surface area contributed by atoms with Crippen LogP contribution in [0.1, 0.15) is 16.7 Å². The van der Waals surface area contributed by atoms with E-state index in [1.165, 1.54) is 0 Å². The number of benzene rings is 2. The van der Waals surface area contributed by atoms with Gasteiger partial charge in [-0.25, -0.2) is 0 Å². The van der Waals surface area contributed by atoms with Crippen LogP contribution in [0, 0.1) is 6.92 Å². The van der Waals surface area contributed by atoms with Crippen LogP contribution in [0.5, 0.6) is 5.75 Å². The van der Waals surface area contributed by atoms with Crippen LogP contribution >= 0.6 is 11.3 Å². The average Bonchev–Trinajstić information content (AvgIpc) is 3.02. The van der Waals surface area contributed by atoms with Crippen molar-refractivity contribution < 1.29 is 14.6 Å². The molecule has 2 heterocycles. The zero-order chi connectivity index (χ0) is 17.4. The number of carbonyl (C=O) groups is 1. The predicted octanol–water partition coefficient (Wildman–Crippen LogP) is 3.67. The van der Waals surface area contributed by atoms with Gasteiger partial charge in [0.15, 0.2) is 0 Å². The van der Waals surface area contributed by atoms with Gasteiger partial charge in [0, 0.05) is 17.9 Å². The van der Waals surface area contributed by atoms with E-state index in [2.05, 4.69) is 12.3 Å². The molecule has 25 heavy (non-hydrogen) atoms. The smallest absolute Gasteiger partial charge is 0.214 e. The van der Waals surface area contributed by atoms with Crippen molar-refractivity contribution in [2.45, 2.75) is 26.1 Å². The molecule has 4 nitrogen and oxygen atoms in total. The molecule has 2 aromatic carbocycles. The summed E-state index contributed by atoms with van der Waals surface area (Å²) in [5.74, 6) is 0.791. The van der Waals surface area contributed by atoms with Crippen molar-refractivity contribution >= 4 is 33.5 Å². The van der Waals surface area contributed by atoms with Gasteiger partial charge in [-0.15, -0.1) is 11.3 Å². The van der Waals surface area contributed by atoms with E-state index in [9.17, 15) is 9.90 Å². The van der Waals surface area contributed by atoms with Crippen LogP contribution < -0.4 is 9.64 Å². The highest BCUT2D eigenvalue weighted by atomic mass is 32.1. The summed E-state index contributed by atoms with van der Waals surface area (Å²) < 4.78 is 7.19. The zero-order valence-electron chi connectivity index (χ0n) is 13.9. The molecule has 0 fully saturated rings. The number of fused-ring (bicyclic) bond motifs is 3. The van der Waals surface area contributed by atoms with Gasteiger partial charge >= 0.3 is 0 Å². The first-order chi connectivity index (χ1) is 12.2. The lowest BCUT2D eigenvalue weighted by molar-refractivity contribution is -0.107. The highest BCUT2D eigenvalue weighted by Gasteiger charge is 2.27. The molecule has 0 radical (unpaired) electrons. The molecule has 1 unspecified atom stereocenters. The van der Waals surface area contributed by atoms with Crippen LogP contribution in [0.2, 0.25) is 0 Å². The summed E-state index contributed by atoms with van der Waals surface area (Å²) in [4.78, 5) is 13.1. The van der Waals surface area contributed by atoms with Gasteiger partial charge in [0.05, 0.1) is 23.0 Å². The van der Waals surface area contributed by atoms with Crippen molar-refractivity contribution in [3.63, 3.8) is 0 Å². The van der Waals surface area contributed by atoms with Gasteiger partial charge in [0.25, 0.3) is 0 Å². The van der Waals surface area contributed by atoms with Crippen LogP contribution in [-0.4, -0.2) is 24.2 Å². The lowest BCUT2D eigenvalue weighted by Crippen LogP contribution is -2.37. The maximum absolute atomic E-state index is 11.5. The summed E-state index contributed by atoms with van der Waals surface area (Å²) in [6.45, 7) is 2.87. The van der Waals surface area contributed by atoms with Gasteiger partial charge in [-0.2, -0.15) is 0 Å². The first-order valence-corrected chi connectivity index (χ1v) is 9.15. The van der Waals surface area contributed by atoms with Crippen molar-refractivity contribution in [2.24, 2.45) is 0 Å². The Morgan fingerprint density at radius 1 is 1.36 bits per heavy atom. The minimum atomic E-state index is -0.531. The fourth-order valence-corrected chi connectivity index (χ4v) is 4.48. The molecule has 0 saturated heterocycles. The van der Waals surface area contributed by atoms with E-state index >= 15 is 0 Å². The van der Waals surface area contributed by atoms with Gasteiger partial charge in [0.2, 0.25) is 6.41 Å². The van der Waals surface area contributed by atoms with E-state index in [-0.39, 0.29) is 0 Å². The van der Waals surface area contributed by atoms with Crippen LogP contribution in [0.3, 0.4) is 0 Å².